The third-order valence-electron chi connectivity index (χ3n) is 3.72. The van der Waals surface area contributed by atoms with Crippen LogP contribution in [0.2, 0.25) is 0 Å². The summed E-state index contributed by atoms with van der Waals surface area (Å²) in [6, 6.07) is 7.00. The lowest BCUT2D eigenvalue weighted by Crippen LogP contribution is -2.56. The van der Waals surface area contributed by atoms with E-state index in [1.165, 1.54) is 0 Å². The summed E-state index contributed by atoms with van der Waals surface area (Å²) in [5.41, 5.74) is 0.573. The summed E-state index contributed by atoms with van der Waals surface area (Å²) in [6.07, 6.45) is 2.05. The van der Waals surface area contributed by atoms with Gasteiger partial charge in [-0.25, -0.2) is 0 Å². The number of carbonyl (C=O) groups is 2. The van der Waals surface area contributed by atoms with Crippen LogP contribution in [0.25, 0.3) is 0 Å². The molecule has 0 bridgehead atoms. The topological polar surface area (TPSA) is 58.6 Å². The summed E-state index contributed by atoms with van der Waals surface area (Å²) in [5, 5.41) is 2.95. The molecular weight excluding hydrogens is 336 g/mol. The van der Waals surface area contributed by atoms with E-state index in [2.05, 4.69) is 21.2 Å². The second-order valence-electron chi connectivity index (χ2n) is 5.35. The zero-order valence-corrected chi connectivity index (χ0v) is 13.1. The highest BCUT2D eigenvalue weighted by atomic mass is 79.9. The molecular formula is C15H17BrN2O3. The van der Waals surface area contributed by atoms with Crippen molar-refractivity contribution in [3.8, 4) is 0 Å². The standard InChI is InChI=1S/C15H17BrN2O3/c16-12-4-2-1-3-11(12)15(20)18-7-8-21-9-13(18)14(19)17-10-5-6-10/h1-4,10,13H,5-9H2,(H,17,19). The van der Waals surface area contributed by atoms with Gasteiger partial charge in [0.2, 0.25) is 5.91 Å². The molecule has 112 valence electrons. The predicted molar refractivity (Wildman–Crippen MR) is 81.0 cm³/mol. The average Bonchev–Trinajstić information content (AvgIpc) is 3.31. The smallest absolute Gasteiger partial charge is 0.255 e. The van der Waals surface area contributed by atoms with Gasteiger partial charge in [-0.05, 0) is 40.9 Å². The summed E-state index contributed by atoms with van der Waals surface area (Å²) in [5.74, 6) is -0.251. The van der Waals surface area contributed by atoms with Crippen LogP contribution in [0.3, 0.4) is 0 Å². The maximum atomic E-state index is 12.7. The fraction of sp³-hybridized carbons (Fsp3) is 0.467. The van der Waals surface area contributed by atoms with E-state index in [0.29, 0.717) is 18.7 Å². The van der Waals surface area contributed by atoms with Crippen LogP contribution in [-0.4, -0.2) is 48.6 Å². The number of rotatable bonds is 3. The molecule has 3 rings (SSSR count). The summed E-state index contributed by atoms with van der Waals surface area (Å²) < 4.78 is 6.12. The maximum absolute atomic E-state index is 12.7. The average molecular weight is 353 g/mol. The van der Waals surface area contributed by atoms with Crippen LogP contribution >= 0.6 is 15.9 Å². The van der Waals surface area contributed by atoms with Crippen LogP contribution in [0, 0.1) is 0 Å². The largest absolute Gasteiger partial charge is 0.377 e. The lowest BCUT2D eigenvalue weighted by Gasteiger charge is -2.34. The third kappa shape index (κ3) is 3.27. The fourth-order valence-corrected chi connectivity index (χ4v) is 2.83. The summed E-state index contributed by atoms with van der Waals surface area (Å²) in [4.78, 5) is 26.6. The number of nitrogens with zero attached hydrogens (tertiary/aromatic N) is 1. The molecule has 1 N–H and O–H groups in total. The number of hydrogen-bond acceptors (Lipinski definition) is 3. The van der Waals surface area contributed by atoms with Crippen molar-refractivity contribution in [3.05, 3.63) is 34.3 Å². The molecule has 1 saturated heterocycles. The van der Waals surface area contributed by atoms with Crippen molar-refractivity contribution < 1.29 is 14.3 Å². The molecule has 0 spiro atoms. The van der Waals surface area contributed by atoms with Gasteiger partial charge < -0.3 is 15.0 Å². The number of hydrogen-bond donors (Lipinski definition) is 1. The Balaban J connectivity index is 1.78. The molecule has 1 unspecified atom stereocenters. The first kappa shape index (κ1) is 14.5. The van der Waals surface area contributed by atoms with E-state index in [1.807, 2.05) is 18.2 Å². The Morgan fingerprint density at radius 2 is 2.05 bits per heavy atom. The first-order valence-electron chi connectivity index (χ1n) is 7.10. The van der Waals surface area contributed by atoms with Gasteiger partial charge in [0.25, 0.3) is 5.91 Å². The van der Waals surface area contributed by atoms with E-state index in [4.69, 9.17) is 4.74 Å². The third-order valence-corrected chi connectivity index (χ3v) is 4.41. The molecule has 2 fully saturated rings. The van der Waals surface area contributed by atoms with E-state index in [9.17, 15) is 9.59 Å². The van der Waals surface area contributed by atoms with Crippen molar-refractivity contribution in [1.29, 1.82) is 0 Å². The van der Waals surface area contributed by atoms with Gasteiger partial charge >= 0.3 is 0 Å². The number of carbonyl (C=O) groups excluding carboxylic acids is 2. The van der Waals surface area contributed by atoms with Crippen molar-refractivity contribution in [2.45, 2.75) is 24.9 Å². The van der Waals surface area contributed by atoms with E-state index in [-0.39, 0.29) is 24.5 Å². The molecule has 1 aliphatic heterocycles. The number of amides is 2. The Bertz CT molecular complexity index is 560. The zero-order chi connectivity index (χ0) is 14.8. The lowest BCUT2D eigenvalue weighted by molar-refractivity contribution is -0.130. The van der Waals surface area contributed by atoms with Crippen molar-refractivity contribution in [1.82, 2.24) is 10.2 Å². The minimum absolute atomic E-state index is 0.113. The number of ether oxygens (including phenoxy) is 1. The lowest BCUT2D eigenvalue weighted by atomic mass is 10.1. The molecule has 1 aromatic carbocycles. The molecule has 5 nitrogen and oxygen atoms in total. The highest BCUT2D eigenvalue weighted by Gasteiger charge is 2.36. The van der Waals surface area contributed by atoms with Crippen molar-refractivity contribution >= 4 is 27.7 Å². The molecule has 0 radical (unpaired) electrons. The van der Waals surface area contributed by atoms with Crippen LogP contribution < -0.4 is 5.32 Å². The van der Waals surface area contributed by atoms with Gasteiger partial charge in [-0.1, -0.05) is 12.1 Å². The molecule has 21 heavy (non-hydrogen) atoms. The van der Waals surface area contributed by atoms with E-state index < -0.39 is 6.04 Å². The van der Waals surface area contributed by atoms with Crippen LogP contribution in [0.15, 0.2) is 28.7 Å². The molecule has 1 aliphatic carbocycles. The summed E-state index contributed by atoms with van der Waals surface area (Å²) in [7, 11) is 0. The quantitative estimate of drug-likeness (QED) is 0.898. The van der Waals surface area contributed by atoms with E-state index >= 15 is 0 Å². The SMILES string of the molecule is O=C(NC1CC1)C1COCCN1C(=O)c1ccccc1Br. The molecule has 1 saturated carbocycles. The first-order chi connectivity index (χ1) is 10.2. The molecule has 1 heterocycles. The maximum Gasteiger partial charge on any atom is 0.255 e. The second-order valence-corrected chi connectivity index (χ2v) is 6.21. The van der Waals surface area contributed by atoms with Crippen molar-refractivity contribution in [2.75, 3.05) is 19.8 Å². The first-order valence-corrected chi connectivity index (χ1v) is 7.90. The molecule has 1 aromatic rings. The Hall–Kier alpha value is -1.40. The molecule has 6 heteroatoms. The highest BCUT2D eigenvalue weighted by molar-refractivity contribution is 9.10. The van der Waals surface area contributed by atoms with Gasteiger partial charge in [0.15, 0.2) is 0 Å². The van der Waals surface area contributed by atoms with E-state index in [1.54, 1.807) is 11.0 Å². The normalized spacial score (nSPS) is 22.0. The molecule has 0 aromatic heterocycles. The van der Waals surface area contributed by atoms with Crippen LogP contribution in [0.4, 0.5) is 0 Å². The fourth-order valence-electron chi connectivity index (χ4n) is 2.38. The number of halogens is 1. The van der Waals surface area contributed by atoms with Gasteiger partial charge in [0.05, 0.1) is 18.8 Å². The second kappa shape index (κ2) is 6.15. The van der Waals surface area contributed by atoms with Crippen molar-refractivity contribution in [3.63, 3.8) is 0 Å². The Morgan fingerprint density at radius 3 is 2.76 bits per heavy atom. The van der Waals surface area contributed by atoms with Crippen LogP contribution in [-0.2, 0) is 9.53 Å². The monoisotopic (exact) mass is 352 g/mol. The minimum atomic E-state index is -0.543. The Kier molecular flexibility index (Phi) is 4.26. The summed E-state index contributed by atoms with van der Waals surface area (Å²) in [6.45, 7) is 1.15. The van der Waals surface area contributed by atoms with Gasteiger partial charge in [-0.2, -0.15) is 0 Å². The molecule has 2 aliphatic rings. The number of benzene rings is 1. The van der Waals surface area contributed by atoms with Gasteiger partial charge in [-0.15, -0.1) is 0 Å². The highest BCUT2D eigenvalue weighted by Crippen LogP contribution is 2.22. The van der Waals surface area contributed by atoms with Gasteiger partial charge in [-0.3, -0.25) is 9.59 Å². The molecule has 2 amide bonds. The summed E-state index contributed by atoms with van der Waals surface area (Å²) >= 11 is 3.39. The Labute approximate surface area is 131 Å². The van der Waals surface area contributed by atoms with E-state index in [0.717, 1.165) is 17.3 Å². The zero-order valence-electron chi connectivity index (χ0n) is 11.5. The molecule has 1 atom stereocenters. The van der Waals surface area contributed by atoms with Crippen LogP contribution in [0.1, 0.15) is 23.2 Å². The Morgan fingerprint density at radius 1 is 1.29 bits per heavy atom. The number of nitrogens with one attached hydrogen (secondary N) is 1. The minimum Gasteiger partial charge on any atom is -0.377 e. The van der Waals surface area contributed by atoms with Crippen molar-refractivity contribution in [2.24, 2.45) is 0 Å². The number of morpholine rings is 1. The van der Waals surface area contributed by atoms with Gasteiger partial charge in [0, 0.05) is 17.1 Å². The van der Waals surface area contributed by atoms with Gasteiger partial charge in [0.1, 0.15) is 6.04 Å². The predicted octanol–water partition coefficient (Wildman–Crippen LogP) is 1.57. The van der Waals surface area contributed by atoms with Crippen LogP contribution in [0.5, 0.6) is 0 Å².